The van der Waals surface area contributed by atoms with Crippen molar-refractivity contribution in [1.29, 1.82) is 0 Å². The highest BCUT2D eigenvalue weighted by Crippen LogP contribution is 2.10. The predicted octanol–water partition coefficient (Wildman–Crippen LogP) is 5.97. The zero-order chi connectivity index (χ0) is 22.7. The molecule has 0 fully saturated rings. The first-order valence-electron chi connectivity index (χ1n) is 8.07. The summed E-state index contributed by atoms with van der Waals surface area (Å²) in [5.41, 5.74) is 1.04. The second-order valence-corrected chi connectivity index (χ2v) is 9.07. The van der Waals surface area contributed by atoms with Gasteiger partial charge in [0.25, 0.3) is 0 Å². The minimum absolute atomic E-state index is 0.334. The molecule has 0 spiro atoms. The molecule has 0 aliphatic rings. The van der Waals surface area contributed by atoms with Crippen LogP contribution in [-0.2, 0) is 0 Å². The van der Waals surface area contributed by atoms with E-state index in [-0.39, 0.29) is 0 Å². The van der Waals surface area contributed by atoms with Crippen LogP contribution in [0.5, 0.6) is 0 Å². The zero-order valence-corrected chi connectivity index (χ0v) is 21.6. The molecule has 0 aromatic heterocycles. The first kappa shape index (κ1) is 26.3. The van der Waals surface area contributed by atoms with Crippen LogP contribution in [0.1, 0.15) is 31.1 Å². The Labute approximate surface area is 213 Å². The van der Waals surface area contributed by atoms with E-state index in [0.717, 1.165) is 10.7 Å². The average Bonchev–Trinajstić information content (AvgIpc) is 2.69. The molecule has 0 atom stereocenters. The molecule has 6 nitrogen and oxygen atoms in total. The van der Waals surface area contributed by atoms with E-state index in [2.05, 4.69) is 45.2 Å². The molecular weight excluding hydrogens is 729 g/mol. The molecule has 30 heavy (non-hydrogen) atoms. The SMILES string of the molecule is O=C(O)c1ccc(I)cc1.O=C(O)c1cccc(I)c1.O=C(O)c1ccccc1I. The van der Waals surface area contributed by atoms with Crippen LogP contribution in [0.25, 0.3) is 0 Å². The van der Waals surface area contributed by atoms with Gasteiger partial charge in [-0.05, 0) is 122 Å². The lowest BCUT2D eigenvalue weighted by molar-refractivity contribution is 0.0685. The fourth-order valence-corrected chi connectivity index (χ4v) is 3.37. The van der Waals surface area contributed by atoms with Gasteiger partial charge in [0.1, 0.15) is 0 Å². The van der Waals surface area contributed by atoms with Gasteiger partial charge >= 0.3 is 17.9 Å². The summed E-state index contributed by atoms with van der Waals surface area (Å²) >= 11 is 6.20. The Morgan fingerprint density at radius 2 is 1.13 bits per heavy atom. The van der Waals surface area contributed by atoms with E-state index >= 15 is 0 Å². The number of carboxylic acid groups (broad SMARTS) is 3. The van der Waals surface area contributed by atoms with Crippen LogP contribution in [0.4, 0.5) is 0 Å². The lowest BCUT2D eigenvalue weighted by Gasteiger charge is -1.94. The van der Waals surface area contributed by atoms with E-state index in [1.54, 1.807) is 60.7 Å². The smallest absolute Gasteiger partial charge is 0.336 e. The molecule has 0 amide bonds. The van der Waals surface area contributed by atoms with Crippen molar-refractivity contribution in [3.8, 4) is 0 Å². The van der Waals surface area contributed by atoms with Gasteiger partial charge in [0.2, 0.25) is 0 Å². The highest BCUT2D eigenvalue weighted by molar-refractivity contribution is 14.1. The van der Waals surface area contributed by atoms with E-state index in [9.17, 15) is 14.4 Å². The zero-order valence-electron chi connectivity index (χ0n) is 15.1. The highest BCUT2D eigenvalue weighted by Gasteiger charge is 2.04. The number of aromatic carboxylic acids is 3. The van der Waals surface area contributed by atoms with E-state index < -0.39 is 17.9 Å². The minimum Gasteiger partial charge on any atom is -0.478 e. The van der Waals surface area contributed by atoms with Gasteiger partial charge in [-0.25, -0.2) is 14.4 Å². The molecule has 156 valence electrons. The molecule has 0 radical (unpaired) electrons. The predicted molar refractivity (Wildman–Crippen MR) is 138 cm³/mol. The van der Waals surface area contributed by atoms with Gasteiger partial charge in [-0.2, -0.15) is 0 Å². The number of carboxylic acids is 3. The molecule has 0 saturated carbocycles. The van der Waals surface area contributed by atoms with Gasteiger partial charge in [0, 0.05) is 10.7 Å². The standard InChI is InChI=1S/3C7H5IO2/c8-6-3-1-5(2-4-6)7(9)10;8-6-3-1-2-5(4-6)7(9)10;8-6-4-2-1-3-5(6)7(9)10/h3*1-4H,(H,9,10). The van der Waals surface area contributed by atoms with Crippen LogP contribution in [0.15, 0.2) is 72.8 Å². The molecule has 0 bridgehead atoms. The number of carbonyl (C=O) groups is 3. The number of hydrogen-bond donors (Lipinski definition) is 3. The van der Waals surface area contributed by atoms with Crippen molar-refractivity contribution in [1.82, 2.24) is 0 Å². The molecule has 0 aliphatic carbocycles. The molecule has 0 unspecified atom stereocenters. The number of halogens is 3. The number of hydrogen-bond acceptors (Lipinski definition) is 3. The summed E-state index contributed by atoms with van der Waals surface area (Å²) in [5, 5.41) is 25.5. The summed E-state index contributed by atoms with van der Waals surface area (Å²) in [6.07, 6.45) is 0. The van der Waals surface area contributed by atoms with Crippen molar-refractivity contribution in [3.05, 3.63) is 100 Å². The van der Waals surface area contributed by atoms with E-state index in [1.165, 1.54) is 0 Å². The molecule has 0 heterocycles. The summed E-state index contributed by atoms with van der Waals surface area (Å²) in [6.45, 7) is 0. The lowest BCUT2D eigenvalue weighted by atomic mass is 10.2. The Bertz CT molecular complexity index is 1020. The molecule has 9 heteroatoms. The maximum atomic E-state index is 10.4. The van der Waals surface area contributed by atoms with Crippen LogP contribution in [0.2, 0.25) is 0 Å². The van der Waals surface area contributed by atoms with Gasteiger partial charge in [0.15, 0.2) is 0 Å². The highest BCUT2D eigenvalue weighted by atomic mass is 127. The maximum Gasteiger partial charge on any atom is 0.336 e. The van der Waals surface area contributed by atoms with Crippen molar-refractivity contribution in [2.45, 2.75) is 0 Å². The molecule has 3 N–H and O–H groups in total. The topological polar surface area (TPSA) is 112 Å². The second kappa shape index (κ2) is 13.5. The van der Waals surface area contributed by atoms with E-state index in [1.807, 2.05) is 34.7 Å². The Morgan fingerprint density at radius 3 is 1.53 bits per heavy atom. The van der Waals surface area contributed by atoms with E-state index in [4.69, 9.17) is 15.3 Å². The summed E-state index contributed by atoms with van der Waals surface area (Å²) in [7, 11) is 0. The van der Waals surface area contributed by atoms with Gasteiger partial charge in [-0.3, -0.25) is 0 Å². The summed E-state index contributed by atoms with van der Waals surface area (Å²) in [6, 6.07) is 20.4. The van der Waals surface area contributed by atoms with Gasteiger partial charge in [-0.15, -0.1) is 0 Å². The Balaban J connectivity index is 0.000000225. The molecular formula is C21H15I3O6. The maximum absolute atomic E-state index is 10.4. The fourth-order valence-electron chi connectivity index (χ4n) is 1.85. The van der Waals surface area contributed by atoms with Crippen LogP contribution in [0, 0.1) is 10.7 Å². The quantitative estimate of drug-likeness (QED) is 0.286. The molecule has 3 aromatic carbocycles. The molecule has 3 aromatic rings. The van der Waals surface area contributed by atoms with E-state index in [0.29, 0.717) is 16.7 Å². The first-order valence-corrected chi connectivity index (χ1v) is 11.3. The van der Waals surface area contributed by atoms with Crippen LogP contribution >= 0.6 is 67.8 Å². The van der Waals surface area contributed by atoms with Crippen molar-refractivity contribution in [3.63, 3.8) is 0 Å². The van der Waals surface area contributed by atoms with Crippen molar-refractivity contribution >= 4 is 85.7 Å². The fraction of sp³-hybridized carbons (Fsp3) is 0. The Kier molecular flexibility index (Phi) is 11.9. The van der Waals surface area contributed by atoms with Crippen LogP contribution < -0.4 is 0 Å². The average molecular weight is 744 g/mol. The van der Waals surface area contributed by atoms with Gasteiger partial charge in [-0.1, -0.05) is 18.2 Å². The van der Waals surface area contributed by atoms with Crippen LogP contribution in [0.3, 0.4) is 0 Å². The number of benzene rings is 3. The van der Waals surface area contributed by atoms with Crippen molar-refractivity contribution < 1.29 is 29.7 Å². The van der Waals surface area contributed by atoms with Crippen molar-refractivity contribution in [2.24, 2.45) is 0 Å². The molecule has 0 saturated heterocycles. The summed E-state index contributed by atoms with van der Waals surface area (Å²) < 4.78 is 2.76. The summed E-state index contributed by atoms with van der Waals surface area (Å²) in [5.74, 6) is -2.63. The number of rotatable bonds is 3. The third-order valence-electron chi connectivity index (χ3n) is 3.27. The summed E-state index contributed by atoms with van der Waals surface area (Å²) in [4.78, 5) is 31.1. The molecule has 0 aliphatic heterocycles. The largest absolute Gasteiger partial charge is 0.478 e. The Morgan fingerprint density at radius 1 is 0.567 bits per heavy atom. The Hall–Kier alpha value is -1.74. The minimum atomic E-state index is -0.878. The van der Waals surface area contributed by atoms with Crippen LogP contribution in [-0.4, -0.2) is 33.2 Å². The molecule has 3 rings (SSSR count). The van der Waals surface area contributed by atoms with Crippen molar-refractivity contribution in [2.75, 3.05) is 0 Å². The van der Waals surface area contributed by atoms with Gasteiger partial charge < -0.3 is 15.3 Å². The first-order chi connectivity index (χ1) is 14.1. The normalized spacial score (nSPS) is 9.30. The monoisotopic (exact) mass is 744 g/mol. The third kappa shape index (κ3) is 9.84. The van der Waals surface area contributed by atoms with Gasteiger partial charge in [0.05, 0.1) is 16.7 Å². The lowest BCUT2D eigenvalue weighted by Crippen LogP contribution is -1.97. The second-order valence-electron chi connectivity index (χ2n) is 5.41. The third-order valence-corrected chi connectivity index (χ3v) is 5.60.